The van der Waals surface area contributed by atoms with Gasteiger partial charge < -0.3 is 30.3 Å². The Morgan fingerprint density at radius 3 is 2.56 bits per heavy atom. The van der Waals surface area contributed by atoms with E-state index in [2.05, 4.69) is 15.5 Å². The molecule has 3 atom stereocenters. The van der Waals surface area contributed by atoms with Gasteiger partial charge in [0.25, 0.3) is 5.91 Å². The van der Waals surface area contributed by atoms with E-state index in [1.807, 2.05) is 0 Å². The Hall–Kier alpha value is -4.69. The number of anilines is 1. The Balaban J connectivity index is 1.44. The first-order chi connectivity index (χ1) is 23.0. The average Bonchev–Trinajstić information content (AvgIpc) is 3.68. The highest BCUT2D eigenvalue weighted by Crippen LogP contribution is 2.44. The molecule has 0 radical (unpaired) electrons. The lowest BCUT2D eigenvalue weighted by Gasteiger charge is -2.38. The molecular weight excluding hydrogens is 636 g/mol. The van der Waals surface area contributed by atoms with Crippen LogP contribution in [0.2, 0.25) is 0 Å². The second-order valence-corrected chi connectivity index (χ2v) is 12.8. The van der Waals surface area contributed by atoms with Crippen molar-refractivity contribution >= 4 is 28.5 Å². The van der Waals surface area contributed by atoms with Gasteiger partial charge in [0.2, 0.25) is 1.43 Å². The van der Waals surface area contributed by atoms with Crippen LogP contribution in [0, 0.1) is 12.7 Å². The highest BCUT2D eigenvalue weighted by atomic mass is 19.4. The number of nitrogens with zero attached hydrogens (tertiary/aromatic N) is 3. The monoisotopic (exact) mass is 673 g/mol. The number of aliphatic hydroxyl groups is 2. The molecule has 1 aliphatic heterocycles. The maximum Gasteiger partial charge on any atom is 0.418 e. The molecule has 14 heteroatoms. The van der Waals surface area contributed by atoms with Crippen LogP contribution in [-0.4, -0.2) is 87.4 Å². The molecule has 1 amide bonds. The minimum absolute atomic E-state index is 0.0247. The van der Waals surface area contributed by atoms with Crippen molar-refractivity contribution in [2.24, 2.45) is 0 Å². The van der Waals surface area contributed by atoms with Crippen molar-refractivity contribution < 1.29 is 47.2 Å². The Kier molecular flexibility index (Phi) is 8.81. The number of carbonyl (C=O) groups excluding carboxylic acids is 1. The van der Waals surface area contributed by atoms with Crippen LogP contribution in [0.5, 0.6) is 5.75 Å². The summed E-state index contributed by atoms with van der Waals surface area (Å²) in [5.74, 6) is -2.25. The number of ether oxygens (including phenoxy) is 1. The van der Waals surface area contributed by atoms with Crippen LogP contribution < -0.4 is 10.1 Å². The molecule has 4 N–H and O–H groups in total. The van der Waals surface area contributed by atoms with Crippen LogP contribution in [-0.2, 0) is 10.2 Å². The van der Waals surface area contributed by atoms with Crippen molar-refractivity contribution in [3.05, 3.63) is 83.3 Å². The summed E-state index contributed by atoms with van der Waals surface area (Å²) in [5.41, 5.74) is -2.45. The van der Waals surface area contributed by atoms with Gasteiger partial charge in [0, 0.05) is 35.2 Å². The smallest absolute Gasteiger partial charge is 0.418 e. The minimum atomic E-state index is -5.07. The second-order valence-electron chi connectivity index (χ2n) is 12.8. The number of carbonyl (C=O) groups is 2. The number of hydrogen-bond donors (Lipinski definition) is 4. The zero-order chi connectivity index (χ0) is 35.9. The van der Waals surface area contributed by atoms with E-state index in [4.69, 9.17) is 6.17 Å². The number of carboxylic acids is 1. The molecule has 1 unspecified atom stereocenters. The first-order valence-electron chi connectivity index (χ1n) is 15.5. The predicted octanol–water partition coefficient (Wildman–Crippen LogP) is 5.21. The number of rotatable bonds is 11. The Bertz CT molecular complexity index is 1880. The van der Waals surface area contributed by atoms with Crippen LogP contribution >= 0.6 is 0 Å². The summed E-state index contributed by atoms with van der Waals surface area (Å²) in [5, 5.41) is 33.0. The van der Waals surface area contributed by atoms with Crippen molar-refractivity contribution in [3.8, 4) is 11.4 Å². The molecule has 5 rings (SSSR count). The minimum Gasteiger partial charge on any atom is -0.496 e. The fraction of sp³-hybridized carbons (Fsp3) is 0.382. The molecule has 2 heterocycles. The number of benzene rings is 3. The van der Waals surface area contributed by atoms with Crippen molar-refractivity contribution in [1.82, 2.24) is 14.7 Å². The zero-order valence-electron chi connectivity index (χ0n) is 27.6. The normalized spacial score (nSPS) is 18.4. The van der Waals surface area contributed by atoms with Gasteiger partial charge >= 0.3 is 12.1 Å². The first kappa shape index (κ1) is 33.2. The van der Waals surface area contributed by atoms with E-state index in [9.17, 15) is 37.4 Å². The van der Waals surface area contributed by atoms with Crippen LogP contribution in [0.3, 0.4) is 0 Å². The van der Waals surface area contributed by atoms with Crippen molar-refractivity contribution in [3.63, 3.8) is 0 Å². The highest BCUT2D eigenvalue weighted by Gasteiger charge is 2.56. The Morgan fingerprint density at radius 1 is 1.15 bits per heavy atom. The summed E-state index contributed by atoms with van der Waals surface area (Å²) in [6.45, 7) is 3.68. The lowest BCUT2D eigenvalue weighted by atomic mass is 9.74. The fourth-order valence-electron chi connectivity index (χ4n) is 6.35. The van der Waals surface area contributed by atoms with Crippen LogP contribution in [0.15, 0.2) is 60.8 Å². The molecule has 0 bridgehead atoms. The lowest BCUT2D eigenvalue weighted by Crippen LogP contribution is -2.53. The second kappa shape index (κ2) is 12.7. The summed E-state index contributed by atoms with van der Waals surface area (Å²) in [6, 6.07) is 12.1. The van der Waals surface area contributed by atoms with Crippen LogP contribution in [0.4, 0.5) is 23.2 Å². The van der Waals surface area contributed by atoms with Crippen LogP contribution in [0.1, 0.15) is 48.2 Å². The number of aliphatic carboxylic acids is 1. The lowest BCUT2D eigenvalue weighted by molar-refractivity contribution is -0.260. The van der Waals surface area contributed by atoms with E-state index < -0.39 is 60.0 Å². The number of halogens is 4. The summed E-state index contributed by atoms with van der Waals surface area (Å²) in [4.78, 5) is 26.3. The van der Waals surface area contributed by atoms with Gasteiger partial charge in [-0.2, -0.15) is 18.3 Å². The number of alkyl halides is 3. The maximum atomic E-state index is 14.6. The van der Waals surface area contributed by atoms with Gasteiger partial charge in [-0.25, -0.2) is 13.9 Å². The predicted molar refractivity (Wildman–Crippen MR) is 169 cm³/mol. The molecule has 1 aliphatic rings. The molecule has 1 saturated heterocycles. The first-order valence-corrected chi connectivity index (χ1v) is 15.1. The number of aromatic nitrogens is 2. The molecule has 1 aromatic heterocycles. The van der Waals surface area contributed by atoms with Crippen LogP contribution in [0.25, 0.3) is 16.6 Å². The number of carboxylic acid groups (broad SMARTS) is 1. The van der Waals surface area contributed by atoms with E-state index >= 15 is 0 Å². The third-order valence-corrected chi connectivity index (χ3v) is 8.70. The number of aryl methyl sites for hydroxylation is 1. The Labute approximate surface area is 275 Å². The maximum absolute atomic E-state index is 14.6. The number of amides is 1. The van der Waals surface area contributed by atoms with Gasteiger partial charge in [-0.3, -0.25) is 4.79 Å². The SMILES string of the molecule is [2H]O[C@H]1C[C@@H](C(=O)O)N(C(=O)c2cccc(-n3ncc4c(NCC(O)(CC(C)(C)c5cc(F)ccc5OC)C(F)(F)F)cc(C)cc43)c2)C1. The summed E-state index contributed by atoms with van der Waals surface area (Å²) < 4.78 is 71.8. The number of nitrogens with one attached hydrogen (secondary N) is 1. The number of aliphatic hydroxyl groups excluding tert-OH is 1. The Morgan fingerprint density at radius 2 is 1.90 bits per heavy atom. The largest absolute Gasteiger partial charge is 0.496 e. The van der Waals surface area contributed by atoms with Gasteiger partial charge in [-0.15, -0.1) is 0 Å². The average molecular weight is 674 g/mol. The number of β-amino-alcohol motifs (C(OH)–C–C–N with tert-alkyl or cyclic N) is 1. The molecule has 0 aliphatic carbocycles. The van der Waals surface area contributed by atoms with Gasteiger partial charge in [-0.1, -0.05) is 19.9 Å². The van der Waals surface area contributed by atoms with Gasteiger partial charge in [0.1, 0.15) is 17.6 Å². The van der Waals surface area contributed by atoms with E-state index in [-0.39, 0.29) is 35.5 Å². The number of methoxy groups -OCH3 is 1. The molecule has 256 valence electrons. The molecule has 48 heavy (non-hydrogen) atoms. The molecule has 4 aromatic rings. The molecule has 10 nitrogen and oxygen atoms in total. The third kappa shape index (κ3) is 6.67. The highest BCUT2D eigenvalue weighted by molar-refractivity contribution is 5.98. The standard InChI is InChI=1S/C34H36F4N4O6/c1-19-10-26(39-18-33(47,34(36,37)38)17-32(2,3)25-13-21(35)8-9-29(25)48-4)24-15-40-42(27(24)11-19)22-7-5-6-20(12-22)30(44)41-16-23(43)14-28(41)31(45)46/h5-13,15,23,28,39,43,47H,14,16-18H2,1-4H3,(H,45,46)/t23-,28-,33?/m0/s1/i43D. The molecule has 0 saturated carbocycles. The fourth-order valence-corrected chi connectivity index (χ4v) is 6.35. The van der Waals surface area contributed by atoms with Crippen molar-refractivity contribution in [1.29, 1.82) is 1.43 Å². The topological polar surface area (TPSA) is 137 Å². The third-order valence-electron chi connectivity index (χ3n) is 8.70. The van der Waals surface area contributed by atoms with E-state index in [1.54, 1.807) is 31.2 Å². The molecular formula is C34H36F4N4O6. The molecule has 3 aromatic carbocycles. The van der Waals surface area contributed by atoms with E-state index in [0.717, 1.165) is 17.0 Å². The van der Waals surface area contributed by atoms with Crippen molar-refractivity contribution in [2.75, 3.05) is 25.5 Å². The summed E-state index contributed by atoms with van der Waals surface area (Å²) in [7, 11) is 1.33. The zero-order valence-corrected chi connectivity index (χ0v) is 26.6. The van der Waals surface area contributed by atoms with Gasteiger partial charge in [0.05, 0.1) is 37.2 Å². The quantitative estimate of drug-likeness (QED) is 0.159. The molecule has 0 spiro atoms. The van der Waals surface area contributed by atoms with Crippen molar-refractivity contribution in [2.45, 2.75) is 63.0 Å². The van der Waals surface area contributed by atoms with Gasteiger partial charge in [0.15, 0.2) is 5.60 Å². The number of hydrogen-bond acceptors (Lipinski definition) is 7. The van der Waals surface area contributed by atoms with Gasteiger partial charge in [-0.05, 0) is 72.9 Å². The summed E-state index contributed by atoms with van der Waals surface area (Å²) >= 11 is 0. The summed E-state index contributed by atoms with van der Waals surface area (Å²) in [6.07, 6.45) is -5.22. The number of likely N-dealkylation sites (tertiary alicyclic amines) is 1. The number of fused-ring (bicyclic) bond motifs is 1. The van der Waals surface area contributed by atoms with E-state index in [1.165, 1.54) is 50.0 Å². The molecule has 1 fully saturated rings. The van der Waals surface area contributed by atoms with E-state index in [0.29, 0.717) is 22.2 Å².